The molecule has 5 nitrogen and oxygen atoms in total. The Bertz CT molecular complexity index is 618. The quantitative estimate of drug-likeness (QED) is 0.855. The van der Waals surface area contributed by atoms with E-state index in [1.165, 1.54) is 6.07 Å². The molecular weight excluding hydrogens is 266 g/mol. The van der Waals surface area contributed by atoms with Crippen molar-refractivity contribution in [3.63, 3.8) is 0 Å². The van der Waals surface area contributed by atoms with E-state index in [4.69, 9.17) is 9.88 Å². The fourth-order valence-electron chi connectivity index (χ4n) is 1.95. The second-order valence-corrected chi connectivity index (χ2v) is 6.45. The second-order valence-electron chi connectivity index (χ2n) is 4.92. The molecule has 1 saturated carbocycles. The maximum Gasteiger partial charge on any atom is 0.338 e. The van der Waals surface area contributed by atoms with Crippen molar-refractivity contribution in [3.8, 4) is 0 Å². The van der Waals surface area contributed by atoms with Gasteiger partial charge in [0.1, 0.15) is 6.10 Å². The topological polar surface area (TPSA) is 86.5 Å². The Balaban J connectivity index is 2.36. The van der Waals surface area contributed by atoms with Gasteiger partial charge in [0.05, 0.1) is 10.5 Å². The van der Waals surface area contributed by atoms with E-state index in [1.807, 2.05) is 0 Å². The summed E-state index contributed by atoms with van der Waals surface area (Å²) in [6, 6.07) is 2.92. The smallest absolute Gasteiger partial charge is 0.338 e. The van der Waals surface area contributed by atoms with Gasteiger partial charge >= 0.3 is 5.97 Å². The molecule has 0 heterocycles. The lowest BCUT2D eigenvalue weighted by molar-refractivity contribution is 0.00897. The Morgan fingerprint density at radius 3 is 2.42 bits per heavy atom. The Labute approximate surface area is 112 Å². The Morgan fingerprint density at radius 1 is 1.32 bits per heavy atom. The average Bonchev–Trinajstić information content (AvgIpc) is 2.25. The van der Waals surface area contributed by atoms with Gasteiger partial charge in [-0.3, -0.25) is 0 Å². The number of primary sulfonamides is 1. The van der Waals surface area contributed by atoms with Gasteiger partial charge in [-0.1, -0.05) is 0 Å². The van der Waals surface area contributed by atoms with Crippen molar-refractivity contribution in [2.75, 3.05) is 0 Å². The molecule has 0 unspecified atom stereocenters. The normalized spacial score (nSPS) is 15.9. The van der Waals surface area contributed by atoms with E-state index in [1.54, 1.807) is 19.9 Å². The summed E-state index contributed by atoms with van der Waals surface area (Å²) in [7, 11) is -3.84. The van der Waals surface area contributed by atoms with Crippen LogP contribution in [0.1, 0.15) is 40.7 Å². The maximum absolute atomic E-state index is 11.9. The number of hydrogen-bond acceptors (Lipinski definition) is 4. The third-order valence-electron chi connectivity index (χ3n) is 3.49. The summed E-state index contributed by atoms with van der Waals surface area (Å²) in [5.74, 6) is -0.488. The molecule has 2 rings (SSSR count). The fraction of sp³-hybridized carbons (Fsp3) is 0.462. The van der Waals surface area contributed by atoms with E-state index >= 15 is 0 Å². The first-order valence-electron chi connectivity index (χ1n) is 6.14. The molecule has 1 aliphatic carbocycles. The highest BCUT2D eigenvalue weighted by Crippen LogP contribution is 2.25. The predicted molar refractivity (Wildman–Crippen MR) is 70.3 cm³/mol. The molecule has 0 spiro atoms. The van der Waals surface area contributed by atoms with Gasteiger partial charge in [-0.05, 0) is 56.4 Å². The van der Waals surface area contributed by atoms with E-state index in [-0.39, 0.29) is 16.6 Å². The fourth-order valence-corrected chi connectivity index (χ4v) is 2.83. The maximum atomic E-state index is 11.9. The molecular formula is C13H17NO4S. The summed E-state index contributed by atoms with van der Waals surface area (Å²) in [5, 5.41) is 5.15. The van der Waals surface area contributed by atoms with E-state index in [2.05, 4.69) is 0 Å². The molecule has 6 heteroatoms. The highest BCUT2D eigenvalue weighted by molar-refractivity contribution is 7.89. The van der Waals surface area contributed by atoms with Crippen LogP contribution in [-0.4, -0.2) is 20.5 Å². The highest BCUT2D eigenvalue weighted by Gasteiger charge is 2.24. The molecule has 0 atom stereocenters. The Morgan fingerprint density at radius 2 is 1.95 bits per heavy atom. The monoisotopic (exact) mass is 283 g/mol. The number of nitrogens with two attached hydrogens (primary N) is 1. The lowest BCUT2D eigenvalue weighted by Gasteiger charge is -2.25. The number of hydrogen-bond donors (Lipinski definition) is 1. The lowest BCUT2D eigenvalue weighted by atomic mass is 9.96. The summed E-state index contributed by atoms with van der Waals surface area (Å²) in [6.07, 6.45) is 2.77. The summed E-state index contributed by atoms with van der Waals surface area (Å²) in [6.45, 7) is 3.40. The largest absolute Gasteiger partial charge is 0.459 e. The van der Waals surface area contributed by atoms with Crippen LogP contribution in [0.3, 0.4) is 0 Å². The van der Waals surface area contributed by atoms with Crippen LogP contribution in [0.15, 0.2) is 17.0 Å². The van der Waals surface area contributed by atoms with Crippen LogP contribution in [0.5, 0.6) is 0 Å². The molecule has 0 radical (unpaired) electrons. The van der Waals surface area contributed by atoms with Gasteiger partial charge in [0, 0.05) is 0 Å². The van der Waals surface area contributed by atoms with E-state index < -0.39 is 16.0 Å². The number of carbonyl (C=O) groups excluding carboxylic acids is 1. The molecule has 1 aromatic rings. The van der Waals surface area contributed by atoms with Crippen LogP contribution < -0.4 is 5.14 Å². The Hall–Kier alpha value is -1.40. The van der Waals surface area contributed by atoms with Gasteiger partial charge in [-0.25, -0.2) is 18.4 Å². The number of carbonyl (C=O) groups is 1. The van der Waals surface area contributed by atoms with E-state index in [9.17, 15) is 13.2 Å². The number of sulfonamides is 1. The van der Waals surface area contributed by atoms with Crippen LogP contribution >= 0.6 is 0 Å². The van der Waals surface area contributed by atoms with Crippen molar-refractivity contribution in [2.45, 2.75) is 44.1 Å². The zero-order valence-electron chi connectivity index (χ0n) is 11.0. The molecule has 1 aromatic carbocycles. The lowest BCUT2D eigenvalue weighted by Crippen LogP contribution is -2.25. The molecule has 104 valence electrons. The molecule has 0 bridgehead atoms. The molecule has 2 N–H and O–H groups in total. The minimum atomic E-state index is -3.84. The third-order valence-corrected chi connectivity index (χ3v) is 4.52. The number of benzene rings is 1. The van der Waals surface area contributed by atoms with Gasteiger partial charge in [0.25, 0.3) is 0 Å². The molecule has 0 saturated heterocycles. The first kappa shape index (κ1) is 14.0. The minimum absolute atomic E-state index is 0.0203. The second kappa shape index (κ2) is 4.94. The standard InChI is InChI=1S/C13H17NO4S/c1-8-6-10(13(15)18-11-4-3-5-11)7-12(9(8)2)19(14,16)17/h6-7,11H,3-5H2,1-2H3,(H2,14,16,17). The third kappa shape index (κ3) is 2.96. The number of ether oxygens (including phenoxy) is 1. The first-order valence-corrected chi connectivity index (χ1v) is 7.68. The average molecular weight is 283 g/mol. The van der Waals surface area contributed by atoms with E-state index in [0.717, 1.165) is 19.3 Å². The molecule has 1 fully saturated rings. The van der Waals surface area contributed by atoms with Crippen LogP contribution in [0, 0.1) is 13.8 Å². The van der Waals surface area contributed by atoms with Crippen LogP contribution in [0.4, 0.5) is 0 Å². The first-order chi connectivity index (χ1) is 8.79. The van der Waals surface area contributed by atoms with Gasteiger partial charge in [-0.15, -0.1) is 0 Å². The van der Waals surface area contributed by atoms with Crippen molar-refractivity contribution in [2.24, 2.45) is 5.14 Å². The summed E-state index contributed by atoms with van der Waals surface area (Å²) < 4.78 is 28.3. The molecule has 1 aliphatic rings. The molecule has 19 heavy (non-hydrogen) atoms. The summed E-state index contributed by atoms with van der Waals surface area (Å²) in [4.78, 5) is 11.9. The van der Waals surface area contributed by atoms with Gasteiger partial charge < -0.3 is 4.74 Å². The SMILES string of the molecule is Cc1cc(C(=O)OC2CCC2)cc(S(N)(=O)=O)c1C. The molecule has 0 amide bonds. The summed E-state index contributed by atoms with van der Waals surface area (Å²) in [5.41, 5.74) is 1.49. The van der Waals surface area contributed by atoms with Crippen LogP contribution in [-0.2, 0) is 14.8 Å². The summed E-state index contributed by atoms with van der Waals surface area (Å²) >= 11 is 0. The number of aryl methyl sites for hydroxylation is 1. The molecule has 0 aliphatic heterocycles. The predicted octanol–water partition coefficient (Wildman–Crippen LogP) is 1.66. The van der Waals surface area contributed by atoms with Gasteiger partial charge in [0.15, 0.2) is 0 Å². The molecule has 0 aromatic heterocycles. The van der Waals surface area contributed by atoms with Crippen molar-refractivity contribution >= 4 is 16.0 Å². The number of rotatable bonds is 3. The zero-order chi connectivity index (χ0) is 14.2. The van der Waals surface area contributed by atoms with Crippen LogP contribution in [0.25, 0.3) is 0 Å². The van der Waals surface area contributed by atoms with Crippen molar-refractivity contribution in [1.82, 2.24) is 0 Å². The van der Waals surface area contributed by atoms with Crippen molar-refractivity contribution in [1.29, 1.82) is 0 Å². The van der Waals surface area contributed by atoms with Gasteiger partial charge in [0.2, 0.25) is 10.0 Å². The number of esters is 1. The van der Waals surface area contributed by atoms with Crippen LogP contribution in [0.2, 0.25) is 0 Å². The minimum Gasteiger partial charge on any atom is -0.459 e. The zero-order valence-corrected chi connectivity index (χ0v) is 11.8. The Kier molecular flexibility index (Phi) is 3.64. The van der Waals surface area contributed by atoms with Gasteiger partial charge in [-0.2, -0.15) is 0 Å². The van der Waals surface area contributed by atoms with Crippen molar-refractivity contribution in [3.05, 3.63) is 28.8 Å². The highest BCUT2D eigenvalue weighted by atomic mass is 32.2. The van der Waals surface area contributed by atoms with E-state index in [0.29, 0.717) is 11.1 Å². The van der Waals surface area contributed by atoms with Crippen molar-refractivity contribution < 1.29 is 17.9 Å².